The lowest BCUT2D eigenvalue weighted by atomic mass is 9.97. The van der Waals surface area contributed by atoms with Crippen LogP contribution in [0, 0.1) is 19.7 Å². The van der Waals surface area contributed by atoms with Crippen molar-refractivity contribution in [1.82, 2.24) is 4.98 Å². The van der Waals surface area contributed by atoms with Crippen LogP contribution in [0.1, 0.15) is 28.4 Å². The number of aliphatic hydroxyl groups excluding tert-OH is 1. The molecule has 3 N–H and O–H groups in total. The van der Waals surface area contributed by atoms with Crippen LogP contribution in [0.2, 0.25) is 0 Å². The first-order chi connectivity index (χ1) is 8.50. The number of anilines is 1. The van der Waals surface area contributed by atoms with E-state index in [2.05, 4.69) is 4.98 Å². The summed E-state index contributed by atoms with van der Waals surface area (Å²) >= 11 is 0. The van der Waals surface area contributed by atoms with Gasteiger partial charge in [0.05, 0.1) is 0 Å². The first kappa shape index (κ1) is 12.5. The molecule has 4 heteroatoms. The van der Waals surface area contributed by atoms with Gasteiger partial charge in [-0.15, -0.1) is 0 Å². The zero-order valence-corrected chi connectivity index (χ0v) is 10.3. The van der Waals surface area contributed by atoms with Gasteiger partial charge < -0.3 is 10.8 Å². The zero-order chi connectivity index (χ0) is 13.3. The van der Waals surface area contributed by atoms with E-state index in [0.717, 1.165) is 5.56 Å². The van der Waals surface area contributed by atoms with E-state index in [-0.39, 0.29) is 11.6 Å². The van der Waals surface area contributed by atoms with Gasteiger partial charge in [-0.05, 0) is 42.7 Å². The van der Waals surface area contributed by atoms with Crippen LogP contribution in [-0.2, 0) is 0 Å². The van der Waals surface area contributed by atoms with E-state index in [1.165, 1.54) is 6.07 Å². The van der Waals surface area contributed by atoms with Gasteiger partial charge in [0.1, 0.15) is 17.7 Å². The number of aliphatic hydroxyl groups is 1. The molecule has 1 aromatic heterocycles. The second-order valence-corrected chi connectivity index (χ2v) is 4.34. The molecule has 1 atom stereocenters. The highest BCUT2D eigenvalue weighted by molar-refractivity contribution is 5.49. The highest BCUT2D eigenvalue weighted by Gasteiger charge is 2.17. The van der Waals surface area contributed by atoms with Gasteiger partial charge in [-0.25, -0.2) is 9.37 Å². The van der Waals surface area contributed by atoms with Gasteiger partial charge in [-0.2, -0.15) is 0 Å². The molecule has 0 saturated carbocycles. The molecule has 2 aromatic rings. The molecular weight excluding hydrogens is 231 g/mol. The molecule has 0 fully saturated rings. The molecule has 0 saturated heterocycles. The summed E-state index contributed by atoms with van der Waals surface area (Å²) < 4.78 is 13.5. The van der Waals surface area contributed by atoms with Crippen molar-refractivity contribution in [3.05, 3.63) is 58.5 Å². The smallest absolute Gasteiger partial charge is 0.129 e. The van der Waals surface area contributed by atoms with E-state index in [4.69, 9.17) is 5.73 Å². The molecule has 0 spiro atoms. The minimum absolute atomic E-state index is 0.267. The summed E-state index contributed by atoms with van der Waals surface area (Å²) in [5.41, 5.74) is 8.14. The van der Waals surface area contributed by atoms with Crippen LogP contribution in [0.15, 0.2) is 30.5 Å². The molecule has 0 aliphatic carbocycles. The molecule has 0 radical (unpaired) electrons. The van der Waals surface area contributed by atoms with Crippen LogP contribution in [0.5, 0.6) is 0 Å². The Balaban J connectivity index is 2.48. The lowest BCUT2D eigenvalue weighted by Crippen LogP contribution is -2.08. The molecule has 0 bridgehead atoms. The van der Waals surface area contributed by atoms with Gasteiger partial charge in [-0.1, -0.05) is 12.1 Å². The van der Waals surface area contributed by atoms with E-state index in [9.17, 15) is 9.50 Å². The lowest BCUT2D eigenvalue weighted by Gasteiger charge is -2.16. The number of pyridine rings is 1. The zero-order valence-electron chi connectivity index (χ0n) is 10.3. The number of hydrogen-bond donors (Lipinski definition) is 2. The van der Waals surface area contributed by atoms with Crippen molar-refractivity contribution in [2.24, 2.45) is 0 Å². The van der Waals surface area contributed by atoms with E-state index < -0.39 is 6.10 Å². The number of rotatable bonds is 2. The summed E-state index contributed by atoms with van der Waals surface area (Å²) in [4.78, 5) is 3.95. The number of aromatic nitrogens is 1. The van der Waals surface area contributed by atoms with Crippen LogP contribution in [0.3, 0.4) is 0 Å². The van der Waals surface area contributed by atoms with Crippen molar-refractivity contribution in [2.75, 3.05) is 5.73 Å². The third-order valence-corrected chi connectivity index (χ3v) is 3.02. The maximum absolute atomic E-state index is 13.5. The quantitative estimate of drug-likeness (QED) is 0.856. The van der Waals surface area contributed by atoms with Gasteiger partial charge in [-0.3, -0.25) is 0 Å². The average Bonchev–Trinajstić information content (AvgIpc) is 2.32. The molecular formula is C14H15FN2O. The third kappa shape index (κ3) is 2.19. The topological polar surface area (TPSA) is 59.1 Å². The highest BCUT2D eigenvalue weighted by atomic mass is 19.1. The number of nitrogens with zero attached hydrogens (tertiary/aromatic N) is 1. The first-order valence-corrected chi connectivity index (χ1v) is 5.66. The van der Waals surface area contributed by atoms with Crippen molar-refractivity contribution in [3.8, 4) is 0 Å². The standard InChI is InChI=1S/C14H15FN2O/c1-8-3-4-10(7-11(8)15)13(18)12-9(2)5-6-17-14(12)16/h3-7,13,18H,1-2H3,(H2,16,17). The Hall–Kier alpha value is -1.94. The molecule has 2 rings (SSSR count). The SMILES string of the molecule is Cc1ccc(C(O)c2c(C)ccnc2N)cc1F. The van der Waals surface area contributed by atoms with Crippen LogP contribution in [0.4, 0.5) is 10.2 Å². The Morgan fingerprint density at radius 3 is 2.56 bits per heavy atom. The molecule has 0 aliphatic heterocycles. The summed E-state index contributed by atoms with van der Waals surface area (Å²) in [6.45, 7) is 3.51. The van der Waals surface area contributed by atoms with E-state index in [1.54, 1.807) is 31.3 Å². The number of nitrogens with two attached hydrogens (primary N) is 1. The average molecular weight is 246 g/mol. The fourth-order valence-corrected chi connectivity index (χ4v) is 1.89. The predicted octanol–water partition coefficient (Wildman–Crippen LogP) is 2.50. The summed E-state index contributed by atoms with van der Waals surface area (Å²) in [7, 11) is 0. The summed E-state index contributed by atoms with van der Waals surface area (Å²) in [5, 5.41) is 10.3. The minimum Gasteiger partial charge on any atom is -0.384 e. The Labute approximate surface area is 105 Å². The third-order valence-electron chi connectivity index (χ3n) is 3.02. The molecule has 0 amide bonds. The fraction of sp³-hybridized carbons (Fsp3) is 0.214. The molecule has 1 aromatic carbocycles. The summed E-state index contributed by atoms with van der Waals surface area (Å²) in [5.74, 6) is -0.0739. The number of benzene rings is 1. The van der Waals surface area contributed by atoms with E-state index >= 15 is 0 Å². The van der Waals surface area contributed by atoms with Crippen molar-refractivity contribution in [1.29, 1.82) is 0 Å². The normalized spacial score (nSPS) is 12.4. The fourth-order valence-electron chi connectivity index (χ4n) is 1.89. The number of nitrogen functional groups attached to an aromatic ring is 1. The largest absolute Gasteiger partial charge is 0.384 e. The van der Waals surface area contributed by atoms with Crippen molar-refractivity contribution < 1.29 is 9.50 Å². The second-order valence-electron chi connectivity index (χ2n) is 4.34. The first-order valence-electron chi connectivity index (χ1n) is 5.66. The Bertz CT molecular complexity index is 564. The van der Waals surface area contributed by atoms with Crippen LogP contribution in [0.25, 0.3) is 0 Å². The second kappa shape index (κ2) is 4.74. The summed E-state index contributed by atoms with van der Waals surface area (Å²) in [6, 6.07) is 6.41. The maximum Gasteiger partial charge on any atom is 0.129 e. The highest BCUT2D eigenvalue weighted by Crippen LogP contribution is 2.28. The number of aryl methyl sites for hydroxylation is 2. The molecule has 1 heterocycles. The molecule has 1 unspecified atom stereocenters. The molecule has 94 valence electrons. The van der Waals surface area contributed by atoms with Gasteiger partial charge in [0.2, 0.25) is 0 Å². The van der Waals surface area contributed by atoms with Crippen molar-refractivity contribution in [3.63, 3.8) is 0 Å². The Morgan fingerprint density at radius 1 is 1.22 bits per heavy atom. The number of halogens is 1. The van der Waals surface area contributed by atoms with Gasteiger partial charge >= 0.3 is 0 Å². The van der Waals surface area contributed by atoms with Crippen LogP contribution in [-0.4, -0.2) is 10.1 Å². The summed E-state index contributed by atoms with van der Waals surface area (Å²) in [6.07, 6.45) is 0.616. The van der Waals surface area contributed by atoms with Gasteiger partial charge in [0.25, 0.3) is 0 Å². The predicted molar refractivity (Wildman–Crippen MR) is 68.6 cm³/mol. The van der Waals surface area contributed by atoms with Gasteiger partial charge in [0, 0.05) is 11.8 Å². The monoisotopic (exact) mass is 246 g/mol. The maximum atomic E-state index is 13.5. The lowest BCUT2D eigenvalue weighted by molar-refractivity contribution is 0.219. The van der Waals surface area contributed by atoms with E-state index in [0.29, 0.717) is 16.7 Å². The molecule has 3 nitrogen and oxygen atoms in total. The minimum atomic E-state index is -0.964. The van der Waals surface area contributed by atoms with Crippen LogP contribution < -0.4 is 5.73 Å². The van der Waals surface area contributed by atoms with Crippen molar-refractivity contribution >= 4 is 5.82 Å². The van der Waals surface area contributed by atoms with Gasteiger partial charge in [0.15, 0.2) is 0 Å². The Morgan fingerprint density at radius 2 is 1.94 bits per heavy atom. The van der Waals surface area contributed by atoms with Crippen molar-refractivity contribution in [2.45, 2.75) is 20.0 Å². The molecule has 0 aliphatic rings. The van der Waals surface area contributed by atoms with E-state index in [1.807, 2.05) is 6.92 Å². The molecule has 18 heavy (non-hydrogen) atoms. The van der Waals surface area contributed by atoms with Crippen LogP contribution >= 0.6 is 0 Å². The number of hydrogen-bond acceptors (Lipinski definition) is 3. The Kier molecular flexibility index (Phi) is 3.30.